The molecular weight excluding hydrogens is 386 g/mol. The minimum absolute atomic E-state index is 0.131. The molecule has 0 atom stereocenters. The van der Waals surface area contributed by atoms with E-state index in [2.05, 4.69) is 15.1 Å². The molecule has 27 heavy (non-hydrogen) atoms. The summed E-state index contributed by atoms with van der Waals surface area (Å²) in [5, 5.41) is 23.4. The first-order valence-electron chi connectivity index (χ1n) is 8.28. The minimum Gasteiger partial charge on any atom is -0.343 e. The second-order valence-corrected chi connectivity index (χ2v) is 7.82. The molecule has 3 aromatic rings. The molecule has 3 heterocycles. The van der Waals surface area contributed by atoms with Gasteiger partial charge >= 0.3 is 0 Å². The van der Waals surface area contributed by atoms with Crippen molar-refractivity contribution in [1.82, 2.24) is 15.1 Å². The molecule has 0 spiro atoms. The number of carbonyl (C=O) groups is 1. The first-order valence-corrected chi connectivity index (χ1v) is 9.98. The van der Waals surface area contributed by atoms with Crippen LogP contribution >= 0.6 is 22.7 Å². The summed E-state index contributed by atoms with van der Waals surface area (Å²) in [6.45, 7) is 2.20. The van der Waals surface area contributed by atoms with Gasteiger partial charge in [0.1, 0.15) is 5.56 Å². The Balaban J connectivity index is 1.43. The molecule has 0 unspecified atom stereocenters. The van der Waals surface area contributed by atoms with Gasteiger partial charge in [0, 0.05) is 32.2 Å². The average Bonchev–Trinajstić information content (AvgIpc) is 3.39. The van der Waals surface area contributed by atoms with Crippen molar-refractivity contribution in [3.63, 3.8) is 0 Å². The highest BCUT2D eigenvalue weighted by atomic mass is 32.1. The van der Waals surface area contributed by atoms with Crippen LogP contribution in [-0.2, 0) is 0 Å². The zero-order valence-electron chi connectivity index (χ0n) is 14.1. The quantitative estimate of drug-likeness (QED) is 0.493. The lowest BCUT2D eigenvalue weighted by Crippen LogP contribution is -2.48. The molecule has 138 valence electrons. The van der Waals surface area contributed by atoms with E-state index in [1.165, 1.54) is 23.5 Å². The number of carbonyl (C=O) groups excluding carboxylic acids is 1. The zero-order valence-corrected chi connectivity index (χ0v) is 15.8. The monoisotopic (exact) mass is 401 g/mol. The number of nitro benzene ring substituents is 1. The number of thiophene rings is 1. The number of nitro groups is 1. The molecule has 1 aliphatic heterocycles. The maximum Gasteiger partial charge on any atom is 0.282 e. The van der Waals surface area contributed by atoms with E-state index in [0.29, 0.717) is 26.2 Å². The largest absolute Gasteiger partial charge is 0.343 e. The predicted octanol–water partition coefficient (Wildman–Crippen LogP) is 3.14. The normalized spacial score (nSPS) is 14.4. The Morgan fingerprint density at radius 2 is 1.85 bits per heavy atom. The minimum atomic E-state index is -0.517. The predicted molar refractivity (Wildman–Crippen MR) is 104 cm³/mol. The number of hydrogen-bond donors (Lipinski definition) is 0. The molecule has 1 aliphatic rings. The lowest BCUT2D eigenvalue weighted by atomic mass is 10.1. The van der Waals surface area contributed by atoms with E-state index in [4.69, 9.17) is 0 Å². The van der Waals surface area contributed by atoms with Crippen LogP contribution < -0.4 is 4.90 Å². The zero-order chi connectivity index (χ0) is 18.8. The molecule has 1 aromatic carbocycles. The third kappa shape index (κ3) is 3.53. The number of piperazine rings is 1. The summed E-state index contributed by atoms with van der Waals surface area (Å²) in [6.07, 6.45) is 0. The Hall–Kier alpha value is -2.85. The van der Waals surface area contributed by atoms with Gasteiger partial charge in [0.25, 0.3) is 11.6 Å². The van der Waals surface area contributed by atoms with E-state index >= 15 is 0 Å². The standard InChI is InChI=1S/C17H15N5O3S2/c23-16(12-4-1-2-5-13(12)22(24)25)20-7-9-21(10-8-20)17-19-18-15(27-17)14-6-3-11-26-14/h1-6,11H,7-10H2. The fraction of sp³-hybridized carbons (Fsp3) is 0.235. The molecule has 0 bridgehead atoms. The van der Waals surface area contributed by atoms with E-state index in [1.807, 2.05) is 17.5 Å². The number of nitrogens with zero attached hydrogens (tertiary/aromatic N) is 5. The first-order chi connectivity index (χ1) is 13.1. The second kappa shape index (κ2) is 7.41. The van der Waals surface area contributed by atoms with Crippen molar-refractivity contribution >= 4 is 39.4 Å². The van der Waals surface area contributed by atoms with Crippen LogP contribution in [0.25, 0.3) is 9.88 Å². The number of hydrogen-bond acceptors (Lipinski definition) is 8. The van der Waals surface area contributed by atoms with E-state index in [-0.39, 0.29) is 17.2 Å². The van der Waals surface area contributed by atoms with Gasteiger partial charge in [-0.05, 0) is 17.5 Å². The molecule has 0 aliphatic carbocycles. The maximum atomic E-state index is 12.7. The highest BCUT2D eigenvalue weighted by Gasteiger charge is 2.28. The lowest BCUT2D eigenvalue weighted by Gasteiger charge is -2.34. The van der Waals surface area contributed by atoms with E-state index in [0.717, 1.165) is 15.0 Å². The summed E-state index contributed by atoms with van der Waals surface area (Å²) in [5.41, 5.74) is -0.0264. The Bertz CT molecular complexity index is 965. The van der Waals surface area contributed by atoms with Crippen LogP contribution in [0.5, 0.6) is 0 Å². The van der Waals surface area contributed by atoms with Crippen molar-refractivity contribution in [3.05, 3.63) is 57.5 Å². The number of amides is 1. The Morgan fingerprint density at radius 1 is 1.07 bits per heavy atom. The molecule has 1 amide bonds. The second-order valence-electron chi connectivity index (χ2n) is 5.92. The summed E-state index contributed by atoms with van der Waals surface area (Å²) in [7, 11) is 0. The highest BCUT2D eigenvalue weighted by Crippen LogP contribution is 2.32. The van der Waals surface area contributed by atoms with E-state index in [1.54, 1.807) is 28.4 Å². The van der Waals surface area contributed by atoms with Crippen LogP contribution in [0.4, 0.5) is 10.8 Å². The SMILES string of the molecule is O=C(c1ccccc1[N+](=O)[O-])N1CCN(c2nnc(-c3cccs3)s2)CC1. The van der Waals surface area contributed by atoms with Crippen LogP contribution in [0.15, 0.2) is 41.8 Å². The topological polar surface area (TPSA) is 92.5 Å². The van der Waals surface area contributed by atoms with Crippen molar-refractivity contribution in [3.8, 4) is 9.88 Å². The Kier molecular flexibility index (Phi) is 4.82. The third-order valence-corrected chi connectivity index (χ3v) is 6.34. The molecule has 1 fully saturated rings. The fourth-order valence-corrected chi connectivity index (χ4v) is 4.62. The molecule has 0 radical (unpaired) electrons. The summed E-state index contributed by atoms with van der Waals surface area (Å²) >= 11 is 3.15. The molecule has 4 rings (SSSR count). The fourth-order valence-electron chi connectivity index (χ4n) is 2.93. The highest BCUT2D eigenvalue weighted by molar-refractivity contribution is 7.22. The number of aromatic nitrogens is 2. The maximum absolute atomic E-state index is 12.7. The van der Waals surface area contributed by atoms with E-state index in [9.17, 15) is 14.9 Å². The van der Waals surface area contributed by atoms with Crippen LogP contribution in [0.2, 0.25) is 0 Å². The van der Waals surface area contributed by atoms with Crippen molar-refractivity contribution in [2.24, 2.45) is 0 Å². The number of anilines is 1. The van der Waals surface area contributed by atoms with Gasteiger partial charge in [0.05, 0.1) is 9.80 Å². The van der Waals surface area contributed by atoms with E-state index < -0.39 is 4.92 Å². The molecule has 1 saturated heterocycles. The van der Waals surface area contributed by atoms with Crippen LogP contribution in [0.1, 0.15) is 10.4 Å². The molecule has 0 N–H and O–H groups in total. The number of rotatable bonds is 4. The van der Waals surface area contributed by atoms with Gasteiger partial charge in [-0.3, -0.25) is 14.9 Å². The summed E-state index contributed by atoms with van der Waals surface area (Å²) < 4.78 is 0. The lowest BCUT2D eigenvalue weighted by molar-refractivity contribution is -0.385. The molecular formula is C17H15N5O3S2. The summed E-state index contributed by atoms with van der Waals surface area (Å²) in [6, 6.07) is 10.1. The third-order valence-electron chi connectivity index (χ3n) is 4.31. The van der Waals surface area contributed by atoms with Gasteiger partial charge in [0.2, 0.25) is 5.13 Å². The number of para-hydroxylation sites is 1. The smallest absolute Gasteiger partial charge is 0.282 e. The van der Waals surface area contributed by atoms with Gasteiger partial charge in [-0.2, -0.15) is 0 Å². The van der Waals surface area contributed by atoms with Gasteiger partial charge in [0.15, 0.2) is 5.01 Å². The molecule has 0 saturated carbocycles. The van der Waals surface area contributed by atoms with Crippen LogP contribution in [0.3, 0.4) is 0 Å². The molecule has 2 aromatic heterocycles. The number of benzene rings is 1. The van der Waals surface area contributed by atoms with Crippen molar-refractivity contribution < 1.29 is 9.72 Å². The Labute approximate surface area is 162 Å². The van der Waals surface area contributed by atoms with Gasteiger partial charge < -0.3 is 9.80 Å². The Morgan fingerprint density at radius 3 is 2.56 bits per heavy atom. The van der Waals surface area contributed by atoms with Crippen molar-refractivity contribution in [2.75, 3.05) is 31.1 Å². The van der Waals surface area contributed by atoms with Crippen LogP contribution in [0, 0.1) is 10.1 Å². The van der Waals surface area contributed by atoms with Gasteiger partial charge in [-0.1, -0.05) is 29.5 Å². The van der Waals surface area contributed by atoms with Gasteiger partial charge in [-0.25, -0.2) is 0 Å². The van der Waals surface area contributed by atoms with Gasteiger partial charge in [-0.15, -0.1) is 21.5 Å². The summed E-state index contributed by atoms with van der Waals surface area (Å²) in [4.78, 5) is 28.2. The first kappa shape index (κ1) is 17.6. The average molecular weight is 401 g/mol. The van der Waals surface area contributed by atoms with Crippen molar-refractivity contribution in [1.29, 1.82) is 0 Å². The molecule has 8 nitrogen and oxygen atoms in total. The van der Waals surface area contributed by atoms with Crippen molar-refractivity contribution in [2.45, 2.75) is 0 Å². The summed E-state index contributed by atoms with van der Waals surface area (Å²) in [5.74, 6) is -0.307. The van der Waals surface area contributed by atoms with Crippen LogP contribution in [-0.4, -0.2) is 52.1 Å². The molecule has 10 heteroatoms.